The lowest BCUT2D eigenvalue weighted by molar-refractivity contribution is -0.131. The fourth-order valence-electron chi connectivity index (χ4n) is 3.77. The molecule has 6 nitrogen and oxygen atoms in total. The fraction of sp³-hybridized carbons (Fsp3) is 0.364. The van der Waals surface area contributed by atoms with Crippen LogP contribution in [0.2, 0.25) is 0 Å². The Kier molecular flexibility index (Phi) is 5.64. The number of benzene rings is 1. The van der Waals surface area contributed by atoms with Crippen LogP contribution in [0, 0.1) is 12.7 Å². The quantitative estimate of drug-likeness (QED) is 0.663. The largest absolute Gasteiger partial charge is 0.342 e. The number of carbonyl (C=O) groups excluding carboxylic acids is 1. The smallest absolute Gasteiger partial charge is 0.228 e. The summed E-state index contributed by atoms with van der Waals surface area (Å²) in [5, 5.41) is 7.54. The molecule has 0 saturated carbocycles. The lowest BCUT2D eigenvalue weighted by Crippen LogP contribution is -2.40. The van der Waals surface area contributed by atoms with Gasteiger partial charge in [-0.25, -0.2) is 9.02 Å². The number of piperidine rings is 1. The average molecular weight is 394 g/mol. The lowest BCUT2D eigenvalue weighted by Gasteiger charge is -2.32. The second kappa shape index (κ2) is 8.51. The summed E-state index contributed by atoms with van der Waals surface area (Å²) in [6, 6.07) is 10.7. The molecule has 1 saturated heterocycles. The van der Waals surface area contributed by atoms with Gasteiger partial charge < -0.3 is 4.90 Å². The minimum atomic E-state index is -0.226. The molecule has 1 aliphatic heterocycles. The molecular weight excluding hydrogens is 371 g/mol. The molecule has 0 aliphatic carbocycles. The predicted octanol–water partition coefficient (Wildman–Crippen LogP) is 3.45. The number of likely N-dealkylation sites (tertiary alicyclic amines) is 1. The Hall–Kier alpha value is -3.09. The van der Waals surface area contributed by atoms with E-state index in [2.05, 4.69) is 19.9 Å². The third-order valence-electron chi connectivity index (χ3n) is 5.40. The molecule has 1 atom stereocenters. The molecule has 3 heterocycles. The zero-order chi connectivity index (χ0) is 20.2. The van der Waals surface area contributed by atoms with Crippen molar-refractivity contribution >= 4 is 5.91 Å². The van der Waals surface area contributed by atoms with Crippen LogP contribution in [0.25, 0.3) is 0 Å². The standard InChI is InChI=1S/C22H23FN4O2/c1-15-21(26-29-25-15)12-22(28)27-9-3-5-18(14-27)20-8-7-17(13-24-20)10-16-4-2-6-19(23)11-16/h2,4,6-8,11,13,18H,3,5,9-10,12,14H2,1H3/t18-/m0/s1. The van der Waals surface area contributed by atoms with E-state index in [9.17, 15) is 9.18 Å². The molecule has 150 valence electrons. The maximum atomic E-state index is 13.4. The normalized spacial score (nSPS) is 16.8. The molecule has 0 unspecified atom stereocenters. The monoisotopic (exact) mass is 394 g/mol. The summed E-state index contributed by atoms with van der Waals surface area (Å²) >= 11 is 0. The Labute approximate surface area is 168 Å². The molecule has 3 aromatic rings. The molecule has 0 N–H and O–H groups in total. The predicted molar refractivity (Wildman–Crippen MR) is 105 cm³/mol. The fourth-order valence-corrected chi connectivity index (χ4v) is 3.77. The van der Waals surface area contributed by atoms with E-state index in [0.29, 0.717) is 24.4 Å². The van der Waals surface area contributed by atoms with Gasteiger partial charge in [-0.05, 0) is 55.5 Å². The Morgan fingerprint density at radius 3 is 2.86 bits per heavy atom. The summed E-state index contributed by atoms with van der Waals surface area (Å²) in [7, 11) is 0. The first-order valence-corrected chi connectivity index (χ1v) is 9.83. The molecule has 1 aromatic carbocycles. The van der Waals surface area contributed by atoms with Crippen molar-refractivity contribution in [1.82, 2.24) is 20.2 Å². The molecule has 29 heavy (non-hydrogen) atoms. The van der Waals surface area contributed by atoms with Crippen molar-refractivity contribution in [3.63, 3.8) is 0 Å². The number of amides is 1. The highest BCUT2D eigenvalue weighted by molar-refractivity contribution is 5.78. The van der Waals surface area contributed by atoms with Crippen LogP contribution >= 0.6 is 0 Å². The average Bonchev–Trinajstić information content (AvgIpc) is 3.13. The van der Waals surface area contributed by atoms with Gasteiger partial charge in [0, 0.05) is 30.9 Å². The zero-order valence-corrected chi connectivity index (χ0v) is 16.3. The van der Waals surface area contributed by atoms with E-state index in [4.69, 9.17) is 0 Å². The van der Waals surface area contributed by atoms with E-state index < -0.39 is 0 Å². The summed E-state index contributed by atoms with van der Waals surface area (Å²) in [6.07, 6.45) is 4.66. The number of hydrogen-bond acceptors (Lipinski definition) is 5. The van der Waals surface area contributed by atoms with Crippen LogP contribution in [-0.2, 0) is 17.6 Å². The van der Waals surface area contributed by atoms with Gasteiger partial charge in [-0.1, -0.05) is 28.5 Å². The number of halogens is 1. The number of aromatic nitrogens is 3. The molecule has 7 heteroatoms. The van der Waals surface area contributed by atoms with E-state index >= 15 is 0 Å². The van der Waals surface area contributed by atoms with Gasteiger partial charge in [-0.2, -0.15) is 0 Å². The van der Waals surface area contributed by atoms with Gasteiger partial charge in [-0.3, -0.25) is 9.78 Å². The van der Waals surface area contributed by atoms with Crippen LogP contribution in [0.4, 0.5) is 4.39 Å². The summed E-state index contributed by atoms with van der Waals surface area (Å²) in [5.74, 6) is 0.0271. The van der Waals surface area contributed by atoms with E-state index in [0.717, 1.165) is 36.2 Å². The molecule has 1 aliphatic rings. The molecule has 1 fully saturated rings. The Morgan fingerprint density at radius 2 is 2.14 bits per heavy atom. The number of nitrogens with zero attached hydrogens (tertiary/aromatic N) is 4. The number of hydrogen-bond donors (Lipinski definition) is 0. The first-order valence-electron chi connectivity index (χ1n) is 9.83. The van der Waals surface area contributed by atoms with Crippen molar-refractivity contribution in [3.8, 4) is 0 Å². The van der Waals surface area contributed by atoms with Crippen LogP contribution in [0.15, 0.2) is 47.2 Å². The van der Waals surface area contributed by atoms with Crippen molar-refractivity contribution in [3.05, 3.63) is 76.6 Å². The van der Waals surface area contributed by atoms with E-state index in [1.54, 1.807) is 19.1 Å². The second-order valence-electron chi connectivity index (χ2n) is 7.55. The number of carbonyl (C=O) groups is 1. The Bertz CT molecular complexity index is 986. The first-order chi connectivity index (χ1) is 14.1. The molecule has 0 radical (unpaired) electrons. The van der Waals surface area contributed by atoms with E-state index in [1.165, 1.54) is 6.07 Å². The number of aryl methyl sites for hydroxylation is 1. The van der Waals surface area contributed by atoms with Crippen LogP contribution in [0.3, 0.4) is 0 Å². The van der Waals surface area contributed by atoms with Crippen LogP contribution in [0.1, 0.15) is 47.0 Å². The summed E-state index contributed by atoms with van der Waals surface area (Å²) in [5.41, 5.74) is 4.20. The van der Waals surface area contributed by atoms with Gasteiger partial charge in [0.15, 0.2) is 0 Å². The third kappa shape index (κ3) is 4.67. The van der Waals surface area contributed by atoms with Crippen molar-refractivity contribution in [1.29, 1.82) is 0 Å². The van der Waals surface area contributed by atoms with Gasteiger partial charge in [0.05, 0.1) is 6.42 Å². The van der Waals surface area contributed by atoms with Crippen LogP contribution in [0.5, 0.6) is 0 Å². The highest BCUT2D eigenvalue weighted by atomic mass is 19.1. The van der Waals surface area contributed by atoms with Gasteiger partial charge in [0.25, 0.3) is 0 Å². The van der Waals surface area contributed by atoms with Crippen molar-refractivity contribution in [2.45, 2.75) is 38.5 Å². The maximum absolute atomic E-state index is 13.4. The maximum Gasteiger partial charge on any atom is 0.228 e. The Balaban J connectivity index is 1.39. The summed E-state index contributed by atoms with van der Waals surface area (Å²) < 4.78 is 18.0. The molecule has 0 spiro atoms. The van der Waals surface area contributed by atoms with Crippen molar-refractivity contribution in [2.75, 3.05) is 13.1 Å². The lowest BCUT2D eigenvalue weighted by atomic mass is 9.93. The zero-order valence-electron chi connectivity index (χ0n) is 16.3. The van der Waals surface area contributed by atoms with Gasteiger partial charge >= 0.3 is 0 Å². The molecule has 0 bridgehead atoms. The Morgan fingerprint density at radius 1 is 1.24 bits per heavy atom. The van der Waals surface area contributed by atoms with E-state index in [1.807, 2.05) is 29.3 Å². The third-order valence-corrected chi connectivity index (χ3v) is 5.40. The molecule has 2 aromatic heterocycles. The van der Waals surface area contributed by atoms with E-state index in [-0.39, 0.29) is 24.1 Å². The second-order valence-corrected chi connectivity index (χ2v) is 7.55. The van der Waals surface area contributed by atoms with Gasteiger partial charge in [0.2, 0.25) is 5.91 Å². The SMILES string of the molecule is Cc1nonc1CC(=O)N1CCC[C@H](c2ccc(Cc3cccc(F)c3)cn2)C1. The van der Waals surface area contributed by atoms with Crippen LogP contribution < -0.4 is 0 Å². The number of pyridine rings is 1. The highest BCUT2D eigenvalue weighted by Crippen LogP contribution is 2.26. The minimum absolute atomic E-state index is 0.0382. The van der Waals surface area contributed by atoms with Crippen molar-refractivity contribution in [2.24, 2.45) is 0 Å². The minimum Gasteiger partial charge on any atom is -0.342 e. The highest BCUT2D eigenvalue weighted by Gasteiger charge is 2.26. The first kappa shape index (κ1) is 19.2. The summed E-state index contributed by atoms with van der Waals surface area (Å²) in [4.78, 5) is 19.2. The van der Waals surface area contributed by atoms with Crippen molar-refractivity contribution < 1.29 is 13.8 Å². The molecular formula is C22H23FN4O2. The molecule has 4 rings (SSSR count). The van der Waals surface area contributed by atoms with Crippen LogP contribution in [-0.4, -0.2) is 39.2 Å². The molecule has 1 amide bonds. The topological polar surface area (TPSA) is 72.1 Å². The van der Waals surface area contributed by atoms with Gasteiger partial charge in [0.1, 0.15) is 17.2 Å². The number of rotatable bonds is 5. The summed E-state index contributed by atoms with van der Waals surface area (Å²) in [6.45, 7) is 3.18. The van der Waals surface area contributed by atoms with Gasteiger partial charge in [-0.15, -0.1) is 0 Å².